The van der Waals surface area contributed by atoms with Crippen molar-refractivity contribution in [2.75, 3.05) is 11.5 Å². The van der Waals surface area contributed by atoms with Crippen LogP contribution in [0.4, 0.5) is 5.13 Å². The van der Waals surface area contributed by atoms with Gasteiger partial charge < -0.3 is 9.84 Å². The minimum atomic E-state index is -0.827. The molecule has 0 aliphatic carbocycles. The standard InChI is InChI=1S/C22H18BrN3O4S/c1-3-30-16-10-6-14(7-11-16)19(27)17-18(13-4-8-15(23)9-5-13)26(21(29)20(17)28)22-25-24-12(2)31-22/h4-11,18,27H,3H2,1-2H3/t18-/m0/s1. The number of ether oxygens (including phenoxy) is 1. The summed E-state index contributed by atoms with van der Waals surface area (Å²) in [6.45, 7) is 4.16. The van der Waals surface area contributed by atoms with Gasteiger partial charge in [-0.15, -0.1) is 10.2 Å². The Morgan fingerprint density at radius 2 is 1.81 bits per heavy atom. The van der Waals surface area contributed by atoms with Gasteiger partial charge in [-0.1, -0.05) is 39.4 Å². The van der Waals surface area contributed by atoms with Gasteiger partial charge in [0.05, 0.1) is 18.2 Å². The predicted molar refractivity (Wildman–Crippen MR) is 121 cm³/mol. The van der Waals surface area contributed by atoms with Gasteiger partial charge in [-0.05, 0) is 55.8 Å². The van der Waals surface area contributed by atoms with Gasteiger partial charge in [0.2, 0.25) is 5.13 Å². The van der Waals surface area contributed by atoms with Crippen LogP contribution in [0.2, 0.25) is 0 Å². The largest absolute Gasteiger partial charge is 0.507 e. The molecule has 2 aromatic carbocycles. The summed E-state index contributed by atoms with van der Waals surface area (Å²) < 4.78 is 6.29. The first-order chi connectivity index (χ1) is 14.9. The smallest absolute Gasteiger partial charge is 0.301 e. The number of carbonyl (C=O) groups is 2. The molecule has 4 rings (SSSR count). The number of aryl methyl sites for hydroxylation is 1. The molecule has 7 nitrogen and oxygen atoms in total. The van der Waals surface area contributed by atoms with Crippen LogP contribution in [0.15, 0.2) is 58.6 Å². The Kier molecular flexibility index (Phi) is 5.88. The molecule has 1 amide bonds. The summed E-state index contributed by atoms with van der Waals surface area (Å²) in [5, 5.41) is 20.1. The Balaban J connectivity index is 1.87. The Hall–Kier alpha value is -3.04. The van der Waals surface area contributed by atoms with E-state index in [2.05, 4.69) is 26.1 Å². The molecule has 3 aromatic rings. The number of amides is 1. The van der Waals surface area contributed by atoms with Crippen LogP contribution >= 0.6 is 27.3 Å². The third kappa shape index (κ3) is 3.98. The molecular formula is C22H18BrN3O4S. The van der Waals surface area contributed by atoms with Gasteiger partial charge in [0.25, 0.3) is 5.78 Å². The number of anilines is 1. The van der Waals surface area contributed by atoms with Crippen LogP contribution in [0, 0.1) is 6.92 Å². The van der Waals surface area contributed by atoms with E-state index >= 15 is 0 Å². The molecule has 9 heteroatoms. The van der Waals surface area contributed by atoms with Crippen molar-refractivity contribution in [3.05, 3.63) is 74.7 Å². The third-order valence-electron chi connectivity index (χ3n) is 4.79. The molecule has 1 aliphatic rings. The number of aliphatic hydroxyl groups excluding tert-OH is 1. The van der Waals surface area contributed by atoms with E-state index in [0.717, 1.165) is 4.47 Å². The summed E-state index contributed by atoms with van der Waals surface area (Å²) in [7, 11) is 0. The van der Waals surface area contributed by atoms with Crippen LogP contribution in [-0.2, 0) is 9.59 Å². The fourth-order valence-corrected chi connectivity index (χ4v) is 4.38. The Bertz CT molecular complexity index is 1170. The summed E-state index contributed by atoms with van der Waals surface area (Å²) in [6, 6.07) is 13.1. The Morgan fingerprint density at radius 3 is 2.39 bits per heavy atom. The topological polar surface area (TPSA) is 92.6 Å². The lowest BCUT2D eigenvalue weighted by Gasteiger charge is -2.22. The predicted octanol–water partition coefficient (Wildman–Crippen LogP) is 4.63. The number of Topliss-reactive ketones (excluding diaryl/α,β-unsaturated/α-hetero) is 1. The Labute approximate surface area is 191 Å². The van der Waals surface area contributed by atoms with E-state index in [1.54, 1.807) is 43.3 Å². The van der Waals surface area contributed by atoms with Crippen LogP contribution in [0.1, 0.15) is 29.1 Å². The van der Waals surface area contributed by atoms with E-state index in [1.165, 1.54) is 16.2 Å². The lowest BCUT2D eigenvalue weighted by atomic mass is 9.95. The lowest BCUT2D eigenvalue weighted by molar-refractivity contribution is -0.132. The minimum absolute atomic E-state index is 0.00401. The van der Waals surface area contributed by atoms with Gasteiger partial charge in [-0.3, -0.25) is 14.5 Å². The summed E-state index contributed by atoms with van der Waals surface area (Å²) in [4.78, 5) is 27.3. The summed E-state index contributed by atoms with van der Waals surface area (Å²) in [5.41, 5.74) is 1.09. The number of hydrogen-bond donors (Lipinski definition) is 1. The van der Waals surface area contributed by atoms with Gasteiger partial charge in [0.1, 0.15) is 16.5 Å². The number of carbonyl (C=O) groups excluding carboxylic acids is 2. The maximum Gasteiger partial charge on any atom is 0.301 e. The highest BCUT2D eigenvalue weighted by atomic mass is 79.9. The van der Waals surface area contributed by atoms with Crippen molar-refractivity contribution in [1.29, 1.82) is 0 Å². The van der Waals surface area contributed by atoms with Crippen molar-refractivity contribution in [1.82, 2.24) is 10.2 Å². The number of aliphatic hydroxyl groups is 1. The van der Waals surface area contributed by atoms with Crippen LogP contribution in [0.3, 0.4) is 0 Å². The van der Waals surface area contributed by atoms with Gasteiger partial charge in [0.15, 0.2) is 0 Å². The van der Waals surface area contributed by atoms with Crippen LogP contribution in [0.25, 0.3) is 5.76 Å². The van der Waals surface area contributed by atoms with E-state index < -0.39 is 17.7 Å². The number of aromatic nitrogens is 2. The first-order valence-electron chi connectivity index (χ1n) is 9.50. The highest BCUT2D eigenvalue weighted by Crippen LogP contribution is 2.43. The lowest BCUT2D eigenvalue weighted by Crippen LogP contribution is -2.29. The van der Waals surface area contributed by atoms with Gasteiger partial charge in [-0.2, -0.15) is 0 Å². The van der Waals surface area contributed by atoms with E-state index in [0.29, 0.717) is 33.6 Å². The van der Waals surface area contributed by atoms with Crippen LogP contribution < -0.4 is 9.64 Å². The molecule has 0 bridgehead atoms. The first kappa shape index (κ1) is 21.2. The first-order valence-corrected chi connectivity index (χ1v) is 11.1. The van der Waals surface area contributed by atoms with E-state index in [1.807, 2.05) is 19.1 Å². The molecule has 0 radical (unpaired) electrons. The van der Waals surface area contributed by atoms with E-state index in [4.69, 9.17) is 4.74 Å². The number of halogens is 1. The number of benzene rings is 2. The summed E-state index contributed by atoms with van der Waals surface area (Å²) in [5.74, 6) is -1.13. The molecule has 0 spiro atoms. The van der Waals surface area contributed by atoms with E-state index in [9.17, 15) is 14.7 Å². The van der Waals surface area contributed by atoms with Gasteiger partial charge in [0, 0.05) is 10.0 Å². The van der Waals surface area contributed by atoms with Crippen molar-refractivity contribution in [2.24, 2.45) is 0 Å². The molecule has 1 aliphatic heterocycles. The van der Waals surface area contributed by atoms with Crippen molar-refractivity contribution < 1.29 is 19.4 Å². The normalized spacial score (nSPS) is 17.9. The van der Waals surface area contributed by atoms with Gasteiger partial charge in [-0.25, -0.2) is 0 Å². The zero-order valence-corrected chi connectivity index (χ0v) is 19.1. The minimum Gasteiger partial charge on any atom is -0.507 e. The molecule has 1 saturated heterocycles. The maximum absolute atomic E-state index is 13.0. The second-order valence-electron chi connectivity index (χ2n) is 6.78. The number of nitrogens with zero attached hydrogens (tertiary/aromatic N) is 3. The molecule has 1 aromatic heterocycles. The summed E-state index contributed by atoms with van der Waals surface area (Å²) >= 11 is 4.61. The van der Waals surface area contributed by atoms with E-state index in [-0.39, 0.29) is 11.3 Å². The molecule has 0 unspecified atom stereocenters. The monoisotopic (exact) mass is 499 g/mol. The highest BCUT2D eigenvalue weighted by molar-refractivity contribution is 9.10. The molecule has 31 heavy (non-hydrogen) atoms. The number of ketones is 1. The SMILES string of the molecule is CCOc1ccc(C(O)=C2C(=O)C(=O)N(c3nnc(C)s3)[C@H]2c2ccc(Br)cc2)cc1. The third-order valence-corrected chi connectivity index (χ3v) is 6.16. The average Bonchev–Trinajstić information content (AvgIpc) is 3.30. The molecule has 2 heterocycles. The zero-order valence-electron chi connectivity index (χ0n) is 16.7. The zero-order chi connectivity index (χ0) is 22.1. The number of hydrogen-bond acceptors (Lipinski definition) is 7. The molecule has 1 N–H and O–H groups in total. The van der Waals surface area contributed by atoms with Crippen molar-refractivity contribution in [3.8, 4) is 5.75 Å². The second kappa shape index (κ2) is 8.60. The van der Waals surface area contributed by atoms with Crippen molar-refractivity contribution >= 4 is 49.8 Å². The van der Waals surface area contributed by atoms with Crippen molar-refractivity contribution in [2.45, 2.75) is 19.9 Å². The van der Waals surface area contributed by atoms with Crippen LogP contribution in [-0.4, -0.2) is 33.6 Å². The van der Waals surface area contributed by atoms with Crippen molar-refractivity contribution in [3.63, 3.8) is 0 Å². The summed E-state index contributed by atoms with van der Waals surface area (Å²) in [6.07, 6.45) is 0. The maximum atomic E-state index is 13.0. The fraction of sp³-hybridized carbons (Fsp3) is 0.182. The average molecular weight is 500 g/mol. The highest BCUT2D eigenvalue weighted by Gasteiger charge is 2.48. The molecule has 1 atom stereocenters. The van der Waals surface area contributed by atoms with Crippen LogP contribution in [0.5, 0.6) is 5.75 Å². The van der Waals surface area contributed by atoms with Gasteiger partial charge >= 0.3 is 5.91 Å². The molecular weight excluding hydrogens is 482 g/mol. The quantitative estimate of drug-likeness (QED) is 0.312. The molecule has 1 fully saturated rings. The Morgan fingerprint density at radius 1 is 1.13 bits per heavy atom. The number of rotatable bonds is 5. The molecule has 0 saturated carbocycles. The molecule has 158 valence electrons. The second-order valence-corrected chi connectivity index (χ2v) is 8.86. The fourth-order valence-electron chi connectivity index (χ4n) is 3.40.